The second-order valence-electron chi connectivity index (χ2n) is 6.29. The Morgan fingerprint density at radius 3 is 1.91 bits per heavy atom. The third-order valence-corrected chi connectivity index (χ3v) is 4.83. The summed E-state index contributed by atoms with van der Waals surface area (Å²) in [6, 6.07) is 0. The van der Waals surface area contributed by atoms with Crippen molar-refractivity contribution in [2.45, 2.75) is 45.4 Å². The highest BCUT2D eigenvalue weighted by atomic mass is 16.6. The molecule has 3 aliphatic carbocycles. The molecule has 0 aliphatic heterocycles. The van der Waals surface area contributed by atoms with Gasteiger partial charge in [0.15, 0.2) is 0 Å². The monoisotopic (exact) mass is 307 g/mol. The fourth-order valence-electron chi connectivity index (χ4n) is 3.44. The van der Waals surface area contributed by atoms with Crippen LogP contribution < -0.4 is 0 Å². The number of rotatable bonds is 4. The van der Waals surface area contributed by atoms with Gasteiger partial charge in [0, 0.05) is 0 Å². The van der Waals surface area contributed by atoms with Crippen LogP contribution in [0.4, 0.5) is 0 Å². The Morgan fingerprint density at radius 2 is 1.43 bits per heavy atom. The summed E-state index contributed by atoms with van der Waals surface area (Å²) in [6.07, 6.45) is 22.7. The van der Waals surface area contributed by atoms with Crippen molar-refractivity contribution in [2.24, 2.45) is 5.16 Å². The van der Waals surface area contributed by atoms with Crippen LogP contribution in [0, 0.1) is 0 Å². The maximum Gasteiger partial charge on any atom is 0.106 e. The zero-order valence-corrected chi connectivity index (χ0v) is 14.1. The van der Waals surface area contributed by atoms with Crippen molar-refractivity contribution < 1.29 is 4.84 Å². The first kappa shape index (κ1) is 15.8. The van der Waals surface area contributed by atoms with Crippen LogP contribution in [0.25, 0.3) is 0 Å². The quantitative estimate of drug-likeness (QED) is 0.491. The molecule has 0 atom stereocenters. The fourth-order valence-corrected chi connectivity index (χ4v) is 3.44. The first-order chi connectivity index (χ1) is 11.3. The standard InChI is InChI=1S/C21H25NO/c1-16(22-23-2)17-8-10-20(11-9-17)21-14-12-19(13-15-21)18-6-4-3-5-7-18/h3-4,6,8,10,12,14H,5,7,9,11,13,15H2,1-2H3. The minimum Gasteiger partial charge on any atom is -0.399 e. The van der Waals surface area contributed by atoms with E-state index in [1.165, 1.54) is 47.1 Å². The summed E-state index contributed by atoms with van der Waals surface area (Å²) in [7, 11) is 1.60. The third kappa shape index (κ3) is 3.82. The zero-order chi connectivity index (χ0) is 16.1. The topological polar surface area (TPSA) is 21.6 Å². The number of oxime groups is 1. The second kappa shape index (κ2) is 7.45. The Balaban J connectivity index is 1.73. The van der Waals surface area contributed by atoms with Gasteiger partial charge in [0.25, 0.3) is 0 Å². The first-order valence-electron chi connectivity index (χ1n) is 8.52. The lowest BCUT2D eigenvalue weighted by molar-refractivity contribution is 0.213. The molecule has 3 rings (SSSR count). The molecule has 0 heterocycles. The van der Waals surface area contributed by atoms with Crippen molar-refractivity contribution in [3.63, 3.8) is 0 Å². The van der Waals surface area contributed by atoms with Crippen molar-refractivity contribution in [1.82, 2.24) is 0 Å². The summed E-state index contributed by atoms with van der Waals surface area (Å²) in [5.41, 5.74) is 8.29. The SMILES string of the molecule is CON=C(C)C1=CC=C(C2=CC=C(C3=CC=CCC3)CC2)CC1. The van der Waals surface area contributed by atoms with E-state index in [0.717, 1.165) is 25.0 Å². The third-order valence-electron chi connectivity index (χ3n) is 4.83. The van der Waals surface area contributed by atoms with E-state index in [0.29, 0.717) is 0 Å². The molecule has 120 valence electrons. The van der Waals surface area contributed by atoms with Gasteiger partial charge in [-0.1, -0.05) is 47.7 Å². The van der Waals surface area contributed by atoms with Crippen molar-refractivity contribution >= 4 is 5.71 Å². The molecular weight excluding hydrogens is 282 g/mol. The molecule has 2 nitrogen and oxygen atoms in total. The summed E-state index contributed by atoms with van der Waals surface area (Å²) in [4.78, 5) is 4.87. The normalized spacial score (nSPS) is 21.8. The van der Waals surface area contributed by atoms with E-state index in [9.17, 15) is 0 Å². The molecule has 23 heavy (non-hydrogen) atoms. The molecule has 0 aromatic rings. The lowest BCUT2D eigenvalue weighted by Gasteiger charge is -2.22. The van der Waals surface area contributed by atoms with Crippen LogP contribution in [0.5, 0.6) is 0 Å². The number of nitrogens with zero attached hydrogens (tertiary/aromatic N) is 1. The Bertz CT molecular complexity index is 681. The number of hydrogen-bond acceptors (Lipinski definition) is 2. The molecule has 0 amide bonds. The van der Waals surface area contributed by atoms with Crippen LogP contribution >= 0.6 is 0 Å². The van der Waals surface area contributed by atoms with E-state index in [1.54, 1.807) is 7.11 Å². The summed E-state index contributed by atoms with van der Waals surface area (Å²) in [5, 5.41) is 4.03. The Hall–Kier alpha value is -2.09. The molecule has 0 fully saturated rings. The average Bonchev–Trinajstić information content (AvgIpc) is 2.63. The molecule has 0 N–H and O–H groups in total. The molecular formula is C21H25NO. The Kier molecular flexibility index (Phi) is 5.12. The van der Waals surface area contributed by atoms with Crippen LogP contribution in [0.15, 0.2) is 75.6 Å². The Labute approximate surface area is 139 Å². The molecule has 0 aromatic carbocycles. The molecule has 0 aromatic heterocycles. The van der Waals surface area contributed by atoms with Crippen LogP contribution in [0.1, 0.15) is 45.4 Å². The molecule has 0 bridgehead atoms. The first-order valence-corrected chi connectivity index (χ1v) is 8.52. The van der Waals surface area contributed by atoms with Crippen LogP contribution in [0.3, 0.4) is 0 Å². The highest BCUT2D eigenvalue weighted by molar-refractivity contribution is 5.98. The van der Waals surface area contributed by atoms with Crippen molar-refractivity contribution in [1.29, 1.82) is 0 Å². The van der Waals surface area contributed by atoms with Gasteiger partial charge in [0.05, 0.1) is 5.71 Å². The molecule has 0 saturated carbocycles. The number of allylic oxidation sites excluding steroid dienone is 12. The zero-order valence-electron chi connectivity index (χ0n) is 14.1. The highest BCUT2D eigenvalue weighted by Gasteiger charge is 2.16. The predicted molar refractivity (Wildman–Crippen MR) is 97.4 cm³/mol. The van der Waals surface area contributed by atoms with Crippen molar-refractivity contribution in [2.75, 3.05) is 7.11 Å². The van der Waals surface area contributed by atoms with Gasteiger partial charge >= 0.3 is 0 Å². The smallest absolute Gasteiger partial charge is 0.106 e. The molecule has 0 spiro atoms. The van der Waals surface area contributed by atoms with E-state index in [-0.39, 0.29) is 0 Å². The predicted octanol–water partition coefficient (Wildman–Crippen LogP) is 5.58. The minimum absolute atomic E-state index is 0.986. The lowest BCUT2D eigenvalue weighted by atomic mass is 9.84. The molecule has 3 aliphatic rings. The maximum atomic E-state index is 4.87. The molecule has 0 radical (unpaired) electrons. The molecule has 2 heteroatoms. The van der Waals surface area contributed by atoms with Gasteiger partial charge in [-0.05, 0) is 73.3 Å². The summed E-state index contributed by atoms with van der Waals surface area (Å²) < 4.78 is 0. The van der Waals surface area contributed by atoms with Gasteiger partial charge in [0.2, 0.25) is 0 Å². The van der Waals surface area contributed by atoms with E-state index in [4.69, 9.17) is 4.84 Å². The van der Waals surface area contributed by atoms with E-state index in [2.05, 4.69) is 47.7 Å². The maximum absolute atomic E-state index is 4.87. The van der Waals surface area contributed by atoms with Crippen molar-refractivity contribution in [3.05, 3.63) is 70.4 Å². The van der Waals surface area contributed by atoms with E-state index >= 15 is 0 Å². The molecule has 0 unspecified atom stereocenters. The van der Waals surface area contributed by atoms with Gasteiger partial charge in [-0.2, -0.15) is 0 Å². The van der Waals surface area contributed by atoms with E-state index in [1.807, 2.05) is 6.92 Å². The van der Waals surface area contributed by atoms with Gasteiger partial charge in [-0.3, -0.25) is 0 Å². The largest absolute Gasteiger partial charge is 0.399 e. The second-order valence-corrected chi connectivity index (χ2v) is 6.29. The van der Waals surface area contributed by atoms with Gasteiger partial charge in [-0.25, -0.2) is 0 Å². The highest BCUT2D eigenvalue weighted by Crippen LogP contribution is 2.34. The van der Waals surface area contributed by atoms with Crippen LogP contribution in [-0.2, 0) is 4.84 Å². The van der Waals surface area contributed by atoms with Crippen molar-refractivity contribution in [3.8, 4) is 0 Å². The summed E-state index contributed by atoms with van der Waals surface area (Å²) >= 11 is 0. The van der Waals surface area contributed by atoms with E-state index < -0.39 is 0 Å². The van der Waals surface area contributed by atoms with Gasteiger partial charge in [-0.15, -0.1) is 0 Å². The summed E-state index contributed by atoms with van der Waals surface area (Å²) in [6.45, 7) is 2.01. The van der Waals surface area contributed by atoms with Gasteiger partial charge < -0.3 is 4.84 Å². The molecule has 0 saturated heterocycles. The number of hydrogen-bond donors (Lipinski definition) is 0. The van der Waals surface area contributed by atoms with Crippen LogP contribution in [-0.4, -0.2) is 12.8 Å². The lowest BCUT2D eigenvalue weighted by Crippen LogP contribution is -2.05. The average molecular weight is 307 g/mol. The van der Waals surface area contributed by atoms with Crippen LogP contribution in [0.2, 0.25) is 0 Å². The fraction of sp³-hybridized carbons (Fsp3) is 0.381. The van der Waals surface area contributed by atoms with Gasteiger partial charge in [0.1, 0.15) is 7.11 Å². The summed E-state index contributed by atoms with van der Waals surface area (Å²) in [5.74, 6) is 0. The Morgan fingerprint density at radius 1 is 0.826 bits per heavy atom. The minimum atomic E-state index is 0.986.